The van der Waals surface area contributed by atoms with Crippen molar-refractivity contribution in [1.82, 2.24) is 9.71 Å². The molecule has 1 heterocycles. The van der Waals surface area contributed by atoms with E-state index in [0.29, 0.717) is 5.13 Å². The predicted molar refractivity (Wildman–Crippen MR) is 101 cm³/mol. The number of urea groups is 1. The molecule has 3 rings (SSSR count). The van der Waals surface area contributed by atoms with Crippen LogP contribution in [-0.4, -0.2) is 18.1 Å². The second-order valence-corrected chi connectivity index (χ2v) is 7.26. The molecule has 0 radical (unpaired) electrons. The Labute approximate surface area is 148 Å². The van der Waals surface area contributed by atoms with E-state index in [0.717, 1.165) is 21.5 Å². The first-order valence-corrected chi connectivity index (χ1v) is 9.07. The summed E-state index contributed by atoms with van der Waals surface area (Å²) in [5.74, 6) is 0.773. The molecule has 0 aliphatic rings. The molecule has 0 aliphatic heterocycles. The van der Waals surface area contributed by atoms with Gasteiger partial charge in [0.15, 0.2) is 5.13 Å². The van der Waals surface area contributed by atoms with Gasteiger partial charge in [0.05, 0.1) is 17.3 Å². The Bertz CT molecular complexity index is 836. The third-order valence-electron chi connectivity index (χ3n) is 3.41. The Morgan fingerprint density at radius 1 is 1.25 bits per heavy atom. The third-order valence-corrected chi connectivity index (χ3v) is 5.28. The number of benzene rings is 2. The SMILES string of the molecule is COc1ccc2nc(NC(=O)NS[C@H](C)c3ccccc3)sc2c1. The molecule has 24 heavy (non-hydrogen) atoms. The predicted octanol–water partition coefficient (Wildman–Crippen LogP) is 4.84. The highest BCUT2D eigenvalue weighted by molar-refractivity contribution is 7.98. The van der Waals surface area contributed by atoms with Crippen LogP contribution in [0.15, 0.2) is 48.5 Å². The molecule has 0 fully saturated rings. The maximum Gasteiger partial charge on any atom is 0.331 e. The number of aromatic nitrogens is 1. The minimum atomic E-state index is -0.284. The smallest absolute Gasteiger partial charge is 0.331 e. The van der Waals surface area contributed by atoms with Gasteiger partial charge in [0, 0.05) is 5.25 Å². The van der Waals surface area contributed by atoms with E-state index in [1.807, 2.05) is 55.5 Å². The van der Waals surface area contributed by atoms with Crippen LogP contribution in [0.1, 0.15) is 17.7 Å². The van der Waals surface area contributed by atoms with Gasteiger partial charge >= 0.3 is 6.03 Å². The molecule has 1 atom stereocenters. The van der Waals surface area contributed by atoms with Crippen molar-refractivity contribution in [3.8, 4) is 5.75 Å². The molecule has 2 aromatic carbocycles. The van der Waals surface area contributed by atoms with Crippen LogP contribution in [0.25, 0.3) is 10.2 Å². The first-order chi connectivity index (χ1) is 11.7. The lowest BCUT2D eigenvalue weighted by atomic mass is 10.2. The average molecular weight is 359 g/mol. The third kappa shape index (κ3) is 3.98. The number of nitrogens with zero attached hydrogens (tertiary/aromatic N) is 1. The van der Waals surface area contributed by atoms with Crippen molar-refractivity contribution in [2.24, 2.45) is 0 Å². The number of carbonyl (C=O) groups excluding carboxylic acids is 1. The number of anilines is 1. The van der Waals surface area contributed by atoms with E-state index in [1.54, 1.807) is 7.11 Å². The lowest BCUT2D eigenvalue weighted by molar-refractivity contribution is 0.257. The summed E-state index contributed by atoms with van der Waals surface area (Å²) in [6.45, 7) is 2.05. The molecule has 2 N–H and O–H groups in total. The lowest BCUT2D eigenvalue weighted by Gasteiger charge is -2.11. The van der Waals surface area contributed by atoms with Crippen molar-refractivity contribution < 1.29 is 9.53 Å². The van der Waals surface area contributed by atoms with Gasteiger partial charge in [-0.15, -0.1) is 0 Å². The van der Waals surface area contributed by atoms with Gasteiger partial charge in [0.25, 0.3) is 0 Å². The Morgan fingerprint density at radius 2 is 2.04 bits per heavy atom. The highest BCUT2D eigenvalue weighted by atomic mass is 32.2. The summed E-state index contributed by atoms with van der Waals surface area (Å²) < 4.78 is 8.97. The number of fused-ring (bicyclic) bond motifs is 1. The molecule has 0 bridgehead atoms. The van der Waals surface area contributed by atoms with Crippen LogP contribution in [0, 0.1) is 0 Å². The fraction of sp³-hybridized carbons (Fsp3) is 0.176. The number of amides is 2. The fourth-order valence-corrected chi connectivity index (χ4v) is 3.66. The first-order valence-electron chi connectivity index (χ1n) is 7.38. The Balaban J connectivity index is 1.58. The fourth-order valence-electron chi connectivity index (χ4n) is 2.14. The van der Waals surface area contributed by atoms with Crippen LogP contribution in [0.5, 0.6) is 5.75 Å². The number of ether oxygens (including phenoxy) is 1. The summed E-state index contributed by atoms with van der Waals surface area (Å²) in [6, 6.07) is 15.4. The van der Waals surface area contributed by atoms with Crippen molar-refractivity contribution in [2.45, 2.75) is 12.2 Å². The lowest BCUT2D eigenvalue weighted by Crippen LogP contribution is -2.23. The van der Waals surface area contributed by atoms with Crippen molar-refractivity contribution >= 4 is 44.7 Å². The summed E-state index contributed by atoms with van der Waals surface area (Å²) >= 11 is 2.78. The first kappa shape index (κ1) is 16.6. The van der Waals surface area contributed by atoms with E-state index < -0.39 is 0 Å². The molecule has 1 aromatic heterocycles. The number of methoxy groups -OCH3 is 1. The zero-order valence-corrected chi connectivity index (χ0v) is 14.9. The van der Waals surface area contributed by atoms with Crippen LogP contribution >= 0.6 is 23.3 Å². The van der Waals surface area contributed by atoms with Gasteiger partial charge in [0.2, 0.25) is 0 Å². The van der Waals surface area contributed by atoms with Gasteiger partial charge in [-0.2, -0.15) is 0 Å². The number of hydrogen-bond acceptors (Lipinski definition) is 5. The van der Waals surface area contributed by atoms with E-state index in [9.17, 15) is 4.79 Å². The molecular formula is C17H17N3O2S2. The molecule has 0 unspecified atom stereocenters. The molecule has 7 heteroatoms. The van der Waals surface area contributed by atoms with E-state index in [2.05, 4.69) is 15.0 Å². The minimum absolute atomic E-state index is 0.163. The summed E-state index contributed by atoms with van der Waals surface area (Å²) in [4.78, 5) is 16.4. The van der Waals surface area contributed by atoms with Crippen LogP contribution in [0.2, 0.25) is 0 Å². The average Bonchev–Trinajstić information content (AvgIpc) is 3.01. The number of thiazole rings is 1. The molecular weight excluding hydrogens is 342 g/mol. The van der Waals surface area contributed by atoms with Crippen molar-refractivity contribution in [1.29, 1.82) is 0 Å². The van der Waals surface area contributed by atoms with Gasteiger partial charge in [-0.05, 0) is 42.6 Å². The van der Waals surface area contributed by atoms with Crippen molar-refractivity contribution in [3.63, 3.8) is 0 Å². The van der Waals surface area contributed by atoms with Crippen molar-refractivity contribution in [3.05, 3.63) is 54.1 Å². The Morgan fingerprint density at radius 3 is 2.79 bits per heavy atom. The second kappa shape index (κ2) is 7.55. The van der Waals surface area contributed by atoms with E-state index in [1.165, 1.54) is 23.3 Å². The zero-order valence-electron chi connectivity index (χ0n) is 13.3. The highest BCUT2D eigenvalue weighted by Crippen LogP contribution is 2.29. The van der Waals surface area contributed by atoms with E-state index in [4.69, 9.17) is 4.74 Å². The van der Waals surface area contributed by atoms with Gasteiger partial charge in [-0.25, -0.2) is 9.78 Å². The maximum atomic E-state index is 12.0. The number of rotatable bonds is 5. The van der Waals surface area contributed by atoms with Crippen LogP contribution in [-0.2, 0) is 0 Å². The Hall–Kier alpha value is -2.25. The normalized spacial score (nSPS) is 11.9. The van der Waals surface area contributed by atoms with Gasteiger partial charge in [0.1, 0.15) is 5.75 Å². The molecule has 124 valence electrons. The molecule has 2 amide bonds. The minimum Gasteiger partial charge on any atom is -0.497 e. The molecule has 0 spiro atoms. The molecule has 0 aliphatic carbocycles. The number of nitrogens with one attached hydrogen (secondary N) is 2. The summed E-state index contributed by atoms with van der Waals surface area (Å²) in [5.41, 5.74) is 2.00. The topological polar surface area (TPSA) is 63.2 Å². The largest absolute Gasteiger partial charge is 0.497 e. The summed E-state index contributed by atoms with van der Waals surface area (Å²) in [7, 11) is 1.62. The zero-order chi connectivity index (χ0) is 16.9. The van der Waals surface area contributed by atoms with Gasteiger partial charge < -0.3 is 4.74 Å². The Kier molecular flexibility index (Phi) is 5.22. The maximum absolute atomic E-state index is 12.0. The quantitative estimate of drug-likeness (QED) is 0.640. The summed E-state index contributed by atoms with van der Waals surface area (Å²) in [6.07, 6.45) is 0. The molecule has 0 saturated heterocycles. The number of carbonyl (C=O) groups is 1. The summed E-state index contributed by atoms with van der Waals surface area (Å²) in [5, 5.41) is 3.49. The van der Waals surface area contributed by atoms with Gasteiger partial charge in [-0.3, -0.25) is 10.0 Å². The highest BCUT2D eigenvalue weighted by Gasteiger charge is 2.11. The molecule has 5 nitrogen and oxygen atoms in total. The van der Waals surface area contributed by atoms with Crippen molar-refractivity contribution in [2.75, 3.05) is 12.4 Å². The molecule has 0 saturated carbocycles. The second-order valence-electron chi connectivity index (χ2n) is 5.08. The standard InChI is InChI=1S/C17H17N3O2S2/c1-11(12-6-4-3-5-7-12)24-20-16(21)19-17-18-14-9-8-13(22-2)10-15(14)23-17/h3-11H,1-2H3,(H2,18,19,20,21)/t11-/m1/s1. The number of hydrogen-bond donors (Lipinski definition) is 2. The van der Waals surface area contributed by atoms with Crippen LogP contribution < -0.4 is 14.8 Å². The monoisotopic (exact) mass is 359 g/mol. The van der Waals surface area contributed by atoms with E-state index in [-0.39, 0.29) is 11.3 Å². The van der Waals surface area contributed by atoms with Crippen LogP contribution in [0.4, 0.5) is 9.93 Å². The molecule has 3 aromatic rings. The van der Waals surface area contributed by atoms with Gasteiger partial charge in [-0.1, -0.05) is 41.7 Å². The van der Waals surface area contributed by atoms with Crippen LogP contribution in [0.3, 0.4) is 0 Å². The van der Waals surface area contributed by atoms with E-state index >= 15 is 0 Å².